The Morgan fingerprint density at radius 2 is 2.26 bits per heavy atom. The van der Waals surface area contributed by atoms with Gasteiger partial charge in [-0.15, -0.1) is 5.10 Å². The lowest BCUT2D eigenvalue weighted by Crippen LogP contribution is -2.28. The minimum absolute atomic E-state index is 0.0140. The van der Waals surface area contributed by atoms with Crippen LogP contribution in [0.25, 0.3) is 0 Å². The summed E-state index contributed by atoms with van der Waals surface area (Å²) in [4.78, 5) is 11.7. The topological polar surface area (TPSA) is 85.8 Å². The van der Waals surface area contributed by atoms with Crippen molar-refractivity contribution in [2.24, 2.45) is 11.7 Å². The van der Waals surface area contributed by atoms with Crippen LogP contribution in [0.2, 0.25) is 0 Å². The van der Waals surface area contributed by atoms with Crippen molar-refractivity contribution >= 4 is 5.91 Å². The van der Waals surface area contributed by atoms with E-state index in [1.165, 1.54) is 36.8 Å². The Bertz CT molecular complexity index is 397. The van der Waals surface area contributed by atoms with Gasteiger partial charge < -0.3 is 11.1 Å². The zero-order chi connectivity index (χ0) is 13.5. The van der Waals surface area contributed by atoms with Crippen molar-refractivity contribution in [2.45, 2.75) is 51.6 Å². The summed E-state index contributed by atoms with van der Waals surface area (Å²) in [6, 6.07) is 0. The van der Waals surface area contributed by atoms with Gasteiger partial charge in [0, 0.05) is 13.1 Å². The van der Waals surface area contributed by atoms with E-state index in [-0.39, 0.29) is 12.5 Å². The van der Waals surface area contributed by atoms with Crippen LogP contribution in [0.1, 0.15) is 44.2 Å². The Hall–Kier alpha value is -1.43. The molecule has 1 fully saturated rings. The number of nitrogens with two attached hydrogens (primary N) is 1. The number of nitrogens with one attached hydrogen (secondary N) is 1. The smallest absolute Gasteiger partial charge is 0.241 e. The molecule has 0 aromatic carbocycles. The van der Waals surface area contributed by atoms with E-state index < -0.39 is 0 Å². The van der Waals surface area contributed by atoms with E-state index in [0.717, 1.165) is 18.9 Å². The first-order valence-corrected chi connectivity index (χ1v) is 7.13. The lowest BCUT2D eigenvalue weighted by atomic mass is 10.0. The molecule has 0 aliphatic heterocycles. The minimum atomic E-state index is -0.0140. The van der Waals surface area contributed by atoms with Gasteiger partial charge in [0.2, 0.25) is 5.91 Å². The molecule has 1 aromatic heterocycles. The predicted molar refractivity (Wildman–Crippen MR) is 72.1 cm³/mol. The van der Waals surface area contributed by atoms with Crippen molar-refractivity contribution in [1.82, 2.24) is 20.3 Å². The molecule has 1 heterocycles. The molecule has 0 unspecified atom stereocenters. The summed E-state index contributed by atoms with van der Waals surface area (Å²) in [6.45, 7) is 1.33. The Morgan fingerprint density at radius 3 is 2.95 bits per heavy atom. The maximum Gasteiger partial charge on any atom is 0.241 e. The van der Waals surface area contributed by atoms with Crippen LogP contribution >= 0.6 is 0 Å². The molecule has 0 saturated heterocycles. The SMILES string of the molecule is NCc1cn(CC(=O)NCCCC2CCCC2)nn1. The number of aromatic nitrogens is 3. The van der Waals surface area contributed by atoms with Crippen LogP contribution in [0.4, 0.5) is 0 Å². The Labute approximate surface area is 113 Å². The van der Waals surface area contributed by atoms with Gasteiger partial charge in [0.25, 0.3) is 0 Å². The molecule has 2 rings (SSSR count). The highest BCUT2D eigenvalue weighted by atomic mass is 16.2. The molecule has 1 saturated carbocycles. The van der Waals surface area contributed by atoms with Gasteiger partial charge in [0.05, 0.1) is 11.9 Å². The first kappa shape index (κ1) is 14.0. The molecule has 0 bridgehead atoms. The average molecular weight is 265 g/mol. The molecule has 0 radical (unpaired) electrons. The third-order valence-electron chi connectivity index (χ3n) is 3.69. The molecule has 3 N–H and O–H groups in total. The summed E-state index contributed by atoms with van der Waals surface area (Å²) < 4.78 is 1.52. The van der Waals surface area contributed by atoms with E-state index in [0.29, 0.717) is 12.2 Å². The van der Waals surface area contributed by atoms with Crippen molar-refractivity contribution in [3.8, 4) is 0 Å². The van der Waals surface area contributed by atoms with Gasteiger partial charge in [-0.25, -0.2) is 4.68 Å². The van der Waals surface area contributed by atoms with E-state index in [9.17, 15) is 4.79 Å². The monoisotopic (exact) mass is 265 g/mol. The zero-order valence-corrected chi connectivity index (χ0v) is 11.3. The van der Waals surface area contributed by atoms with Crippen molar-refractivity contribution in [1.29, 1.82) is 0 Å². The van der Waals surface area contributed by atoms with E-state index in [2.05, 4.69) is 15.6 Å². The summed E-state index contributed by atoms with van der Waals surface area (Å²) in [7, 11) is 0. The second-order valence-electron chi connectivity index (χ2n) is 5.25. The predicted octanol–water partition coefficient (Wildman–Crippen LogP) is 0.823. The highest BCUT2D eigenvalue weighted by molar-refractivity contribution is 5.75. The van der Waals surface area contributed by atoms with Crippen LogP contribution in [0.3, 0.4) is 0 Å². The standard InChI is InChI=1S/C13H23N5O/c14-8-12-9-18(17-16-12)10-13(19)15-7-3-6-11-4-1-2-5-11/h9,11H,1-8,10,14H2,(H,15,19). The lowest BCUT2D eigenvalue weighted by Gasteiger charge is -2.09. The maximum absolute atomic E-state index is 11.7. The molecule has 19 heavy (non-hydrogen) atoms. The molecule has 106 valence electrons. The van der Waals surface area contributed by atoms with Crippen LogP contribution in [0, 0.1) is 5.92 Å². The van der Waals surface area contributed by atoms with Crippen molar-refractivity contribution in [3.63, 3.8) is 0 Å². The molecular formula is C13H23N5O. The normalized spacial score (nSPS) is 15.8. The second kappa shape index (κ2) is 7.23. The van der Waals surface area contributed by atoms with Gasteiger partial charge in [-0.2, -0.15) is 0 Å². The number of carbonyl (C=O) groups excluding carboxylic acids is 1. The maximum atomic E-state index is 11.7. The van der Waals surface area contributed by atoms with Crippen LogP contribution in [-0.4, -0.2) is 27.4 Å². The average Bonchev–Trinajstić information content (AvgIpc) is 3.05. The Morgan fingerprint density at radius 1 is 1.47 bits per heavy atom. The third-order valence-corrected chi connectivity index (χ3v) is 3.69. The van der Waals surface area contributed by atoms with E-state index in [1.807, 2.05) is 0 Å². The lowest BCUT2D eigenvalue weighted by molar-refractivity contribution is -0.121. The quantitative estimate of drug-likeness (QED) is 0.715. The van der Waals surface area contributed by atoms with Crippen LogP contribution in [-0.2, 0) is 17.9 Å². The highest BCUT2D eigenvalue weighted by Crippen LogP contribution is 2.28. The molecule has 6 heteroatoms. The molecule has 1 aliphatic carbocycles. The molecule has 0 spiro atoms. The molecule has 0 atom stereocenters. The van der Waals surface area contributed by atoms with Crippen LogP contribution in [0.5, 0.6) is 0 Å². The fourth-order valence-electron chi connectivity index (χ4n) is 2.63. The first-order valence-electron chi connectivity index (χ1n) is 7.13. The Balaban J connectivity index is 1.58. The summed E-state index contributed by atoms with van der Waals surface area (Å²) in [5.74, 6) is 0.874. The number of amides is 1. The van der Waals surface area contributed by atoms with Crippen molar-refractivity contribution in [3.05, 3.63) is 11.9 Å². The van der Waals surface area contributed by atoms with Crippen LogP contribution < -0.4 is 11.1 Å². The number of hydrogen-bond donors (Lipinski definition) is 2. The van der Waals surface area contributed by atoms with E-state index in [4.69, 9.17) is 5.73 Å². The van der Waals surface area contributed by atoms with Crippen LogP contribution in [0.15, 0.2) is 6.20 Å². The van der Waals surface area contributed by atoms with Gasteiger partial charge in [0.1, 0.15) is 6.54 Å². The minimum Gasteiger partial charge on any atom is -0.354 e. The number of nitrogens with zero attached hydrogens (tertiary/aromatic N) is 3. The number of rotatable bonds is 7. The molecule has 1 amide bonds. The zero-order valence-electron chi connectivity index (χ0n) is 11.3. The molecular weight excluding hydrogens is 242 g/mol. The summed E-state index contributed by atoms with van der Waals surface area (Å²) >= 11 is 0. The van der Waals surface area contributed by atoms with Gasteiger partial charge in [-0.05, 0) is 18.8 Å². The summed E-state index contributed by atoms with van der Waals surface area (Å²) in [6.07, 6.45) is 9.52. The van der Waals surface area contributed by atoms with Crippen molar-refractivity contribution in [2.75, 3.05) is 6.54 Å². The first-order chi connectivity index (χ1) is 9.28. The highest BCUT2D eigenvalue weighted by Gasteiger charge is 2.14. The van der Waals surface area contributed by atoms with Gasteiger partial charge >= 0.3 is 0 Å². The fourth-order valence-corrected chi connectivity index (χ4v) is 2.63. The third kappa shape index (κ3) is 4.63. The summed E-state index contributed by atoms with van der Waals surface area (Å²) in [5.41, 5.74) is 6.14. The molecule has 1 aromatic rings. The number of hydrogen-bond acceptors (Lipinski definition) is 4. The van der Waals surface area contributed by atoms with Gasteiger partial charge in [0.15, 0.2) is 0 Å². The van der Waals surface area contributed by atoms with E-state index in [1.54, 1.807) is 6.20 Å². The fraction of sp³-hybridized carbons (Fsp3) is 0.769. The molecule has 6 nitrogen and oxygen atoms in total. The second-order valence-corrected chi connectivity index (χ2v) is 5.25. The summed E-state index contributed by atoms with van der Waals surface area (Å²) in [5, 5.41) is 10.6. The van der Waals surface area contributed by atoms with E-state index >= 15 is 0 Å². The largest absolute Gasteiger partial charge is 0.354 e. The Kier molecular flexibility index (Phi) is 5.32. The molecule has 1 aliphatic rings. The van der Waals surface area contributed by atoms with Crippen molar-refractivity contribution < 1.29 is 4.79 Å². The number of carbonyl (C=O) groups is 1. The van der Waals surface area contributed by atoms with Gasteiger partial charge in [-0.1, -0.05) is 30.9 Å². The van der Waals surface area contributed by atoms with Gasteiger partial charge in [-0.3, -0.25) is 4.79 Å².